The van der Waals surface area contributed by atoms with Crippen LogP contribution >= 0.6 is 0 Å². The van der Waals surface area contributed by atoms with E-state index in [9.17, 15) is 9.90 Å². The van der Waals surface area contributed by atoms with Crippen LogP contribution in [0, 0.1) is 5.41 Å². The predicted octanol–water partition coefficient (Wildman–Crippen LogP) is 2.57. The van der Waals surface area contributed by atoms with Gasteiger partial charge in [0.1, 0.15) is 5.82 Å². The van der Waals surface area contributed by atoms with E-state index < -0.39 is 11.4 Å². The number of aromatic nitrogens is 2. The van der Waals surface area contributed by atoms with Crippen molar-refractivity contribution in [2.24, 2.45) is 12.5 Å². The number of carboxylic acids is 1. The Kier molecular flexibility index (Phi) is 2.97. The van der Waals surface area contributed by atoms with Gasteiger partial charge >= 0.3 is 5.97 Å². The molecule has 1 aliphatic rings. The van der Waals surface area contributed by atoms with E-state index in [1.54, 1.807) is 10.9 Å². The van der Waals surface area contributed by atoms with Crippen molar-refractivity contribution < 1.29 is 9.90 Å². The number of aryl methyl sites for hydroxylation is 1. The van der Waals surface area contributed by atoms with E-state index in [1.807, 2.05) is 37.4 Å². The zero-order chi connectivity index (χ0) is 14.2. The molecule has 0 spiro atoms. The third-order valence-corrected chi connectivity index (χ3v) is 3.94. The maximum Gasteiger partial charge on any atom is 0.309 e. The largest absolute Gasteiger partial charge is 0.481 e. The van der Waals surface area contributed by atoms with E-state index in [4.69, 9.17) is 0 Å². The van der Waals surface area contributed by atoms with Crippen molar-refractivity contribution >= 4 is 17.5 Å². The highest BCUT2D eigenvalue weighted by Crippen LogP contribution is 2.49. The van der Waals surface area contributed by atoms with Crippen LogP contribution in [0.1, 0.15) is 18.4 Å². The number of hydrogen-bond acceptors (Lipinski definition) is 3. The molecule has 0 bridgehead atoms. The maximum atomic E-state index is 11.3. The molecule has 0 atom stereocenters. The van der Waals surface area contributed by atoms with Gasteiger partial charge in [-0.2, -0.15) is 5.10 Å². The van der Waals surface area contributed by atoms with Crippen molar-refractivity contribution in [2.45, 2.75) is 19.3 Å². The van der Waals surface area contributed by atoms with Gasteiger partial charge in [-0.05, 0) is 30.9 Å². The molecular formula is C15H17N3O2. The molecule has 0 saturated heterocycles. The number of benzene rings is 1. The summed E-state index contributed by atoms with van der Waals surface area (Å²) in [7, 11) is 1.87. The number of para-hydroxylation sites is 1. The summed E-state index contributed by atoms with van der Waals surface area (Å²) >= 11 is 0. The molecule has 0 radical (unpaired) electrons. The van der Waals surface area contributed by atoms with E-state index in [0.717, 1.165) is 29.9 Å². The van der Waals surface area contributed by atoms with Crippen molar-refractivity contribution in [3.63, 3.8) is 0 Å². The van der Waals surface area contributed by atoms with Gasteiger partial charge in [-0.1, -0.05) is 18.2 Å². The summed E-state index contributed by atoms with van der Waals surface area (Å²) in [4.78, 5) is 11.3. The van der Waals surface area contributed by atoms with Crippen LogP contribution in [0.4, 0.5) is 11.5 Å². The number of hydrogen-bond donors (Lipinski definition) is 2. The molecule has 2 aromatic rings. The van der Waals surface area contributed by atoms with Crippen LogP contribution in [0.2, 0.25) is 0 Å². The zero-order valence-electron chi connectivity index (χ0n) is 11.3. The quantitative estimate of drug-likeness (QED) is 0.877. The fraction of sp³-hybridized carbons (Fsp3) is 0.333. The van der Waals surface area contributed by atoms with E-state index in [2.05, 4.69) is 10.4 Å². The van der Waals surface area contributed by atoms with Gasteiger partial charge in [-0.25, -0.2) is 0 Å². The Morgan fingerprint density at radius 1 is 1.40 bits per heavy atom. The first kappa shape index (κ1) is 12.7. The lowest BCUT2D eigenvalue weighted by Gasteiger charge is -2.15. The summed E-state index contributed by atoms with van der Waals surface area (Å²) in [5.74, 6) is 0.199. The highest BCUT2D eigenvalue weighted by molar-refractivity contribution is 5.79. The van der Waals surface area contributed by atoms with Crippen molar-refractivity contribution in [2.75, 3.05) is 5.32 Å². The number of nitrogens with zero attached hydrogens (tertiary/aromatic N) is 2. The van der Waals surface area contributed by atoms with Crippen LogP contribution in [-0.4, -0.2) is 20.9 Å². The molecule has 5 heteroatoms. The molecule has 1 fully saturated rings. The van der Waals surface area contributed by atoms with E-state index in [0.29, 0.717) is 6.42 Å². The lowest BCUT2D eigenvalue weighted by atomic mass is 9.95. The van der Waals surface area contributed by atoms with Gasteiger partial charge in [0.2, 0.25) is 0 Å². The molecule has 1 aliphatic carbocycles. The summed E-state index contributed by atoms with van der Waals surface area (Å²) in [6.07, 6.45) is 3.83. The van der Waals surface area contributed by atoms with Gasteiger partial charge in [-0.15, -0.1) is 0 Å². The molecule has 3 rings (SSSR count). The summed E-state index contributed by atoms with van der Waals surface area (Å²) in [6, 6.07) is 9.74. The van der Waals surface area contributed by atoms with Crippen LogP contribution in [0.5, 0.6) is 0 Å². The van der Waals surface area contributed by atoms with E-state index >= 15 is 0 Å². The van der Waals surface area contributed by atoms with Crippen molar-refractivity contribution in [3.8, 4) is 0 Å². The third-order valence-electron chi connectivity index (χ3n) is 3.94. The molecule has 1 aromatic carbocycles. The summed E-state index contributed by atoms with van der Waals surface area (Å²) in [6.45, 7) is 0. The van der Waals surface area contributed by atoms with Gasteiger partial charge in [0, 0.05) is 18.8 Å². The smallest absolute Gasteiger partial charge is 0.309 e. The van der Waals surface area contributed by atoms with Crippen LogP contribution in [0.25, 0.3) is 0 Å². The molecule has 104 valence electrons. The van der Waals surface area contributed by atoms with Crippen molar-refractivity contribution in [3.05, 3.63) is 42.1 Å². The van der Waals surface area contributed by atoms with Crippen molar-refractivity contribution in [1.29, 1.82) is 0 Å². The number of aliphatic carboxylic acids is 1. The number of carbonyl (C=O) groups is 1. The Bertz CT molecular complexity index is 644. The second-order valence-corrected chi connectivity index (χ2v) is 5.38. The molecule has 1 saturated carbocycles. The minimum atomic E-state index is -0.687. The van der Waals surface area contributed by atoms with Gasteiger partial charge < -0.3 is 10.4 Å². The third kappa shape index (κ3) is 2.27. The van der Waals surface area contributed by atoms with Gasteiger partial charge in [0.05, 0.1) is 11.6 Å². The standard InChI is InChI=1S/C15H17N3O2/c1-18-13(6-9-16-18)17-12-5-3-2-4-11(12)10-15(7-8-15)14(19)20/h2-6,9,17H,7-8,10H2,1H3,(H,19,20). The fourth-order valence-corrected chi connectivity index (χ4v) is 2.41. The number of carboxylic acid groups (broad SMARTS) is 1. The Morgan fingerprint density at radius 2 is 2.15 bits per heavy atom. The summed E-state index contributed by atoms with van der Waals surface area (Å²) in [5.41, 5.74) is 1.43. The highest BCUT2D eigenvalue weighted by Gasteiger charge is 2.50. The molecule has 1 aromatic heterocycles. The van der Waals surface area contributed by atoms with Gasteiger partial charge in [0.15, 0.2) is 0 Å². The first-order valence-corrected chi connectivity index (χ1v) is 6.67. The lowest BCUT2D eigenvalue weighted by Crippen LogP contribution is -2.18. The average Bonchev–Trinajstić information content (AvgIpc) is 3.11. The first-order valence-electron chi connectivity index (χ1n) is 6.67. The number of anilines is 2. The Balaban J connectivity index is 1.85. The normalized spacial score (nSPS) is 15.8. The first-order chi connectivity index (χ1) is 9.61. The lowest BCUT2D eigenvalue weighted by molar-refractivity contribution is -0.143. The Labute approximate surface area is 117 Å². The highest BCUT2D eigenvalue weighted by atomic mass is 16.4. The van der Waals surface area contributed by atoms with Gasteiger partial charge in [0.25, 0.3) is 0 Å². The maximum absolute atomic E-state index is 11.3. The second kappa shape index (κ2) is 4.67. The van der Waals surface area contributed by atoms with E-state index in [1.165, 1.54) is 0 Å². The second-order valence-electron chi connectivity index (χ2n) is 5.38. The molecule has 5 nitrogen and oxygen atoms in total. The SMILES string of the molecule is Cn1nccc1Nc1ccccc1CC1(C(=O)O)CC1. The molecule has 0 unspecified atom stereocenters. The van der Waals surface area contributed by atoms with Crippen LogP contribution < -0.4 is 5.32 Å². The summed E-state index contributed by atoms with van der Waals surface area (Å²) in [5, 5.41) is 16.8. The zero-order valence-corrected chi connectivity index (χ0v) is 11.3. The Morgan fingerprint density at radius 3 is 2.75 bits per heavy atom. The monoisotopic (exact) mass is 271 g/mol. The predicted molar refractivity (Wildman–Crippen MR) is 75.9 cm³/mol. The molecule has 0 amide bonds. The molecule has 20 heavy (non-hydrogen) atoms. The molecule has 1 heterocycles. The summed E-state index contributed by atoms with van der Waals surface area (Å²) < 4.78 is 1.75. The molecule has 0 aliphatic heterocycles. The van der Waals surface area contributed by atoms with Crippen LogP contribution in [0.3, 0.4) is 0 Å². The number of rotatable bonds is 5. The van der Waals surface area contributed by atoms with Crippen LogP contribution in [0.15, 0.2) is 36.5 Å². The fourth-order valence-electron chi connectivity index (χ4n) is 2.41. The topological polar surface area (TPSA) is 67.2 Å². The van der Waals surface area contributed by atoms with Crippen LogP contribution in [-0.2, 0) is 18.3 Å². The van der Waals surface area contributed by atoms with Gasteiger partial charge in [-0.3, -0.25) is 9.48 Å². The van der Waals surface area contributed by atoms with E-state index in [-0.39, 0.29) is 0 Å². The average molecular weight is 271 g/mol. The molecular weight excluding hydrogens is 254 g/mol. The number of nitrogens with one attached hydrogen (secondary N) is 1. The minimum Gasteiger partial charge on any atom is -0.481 e. The Hall–Kier alpha value is -2.30. The van der Waals surface area contributed by atoms with Crippen molar-refractivity contribution in [1.82, 2.24) is 9.78 Å². The minimum absolute atomic E-state index is 0.551. The molecule has 2 N–H and O–H groups in total.